The van der Waals surface area contributed by atoms with Gasteiger partial charge in [0, 0.05) is 17.6 Å². The summed E-state index contributed by atoms with van der Waals surface area (Å²) in [5.41, 5.74) is -0.188. The molecule has 0 aromatic heterocycles. The molecule has 1 rings (SSSR count). The lowest BCUT2D eigenvalue weighted by molar-refractivity contribution is 0.168. The van der Waals surface area contributed by atoms with Gasteiger partial charge in [-0.1, -0.05) is 19.1 Å². The minimum Gasteiger partial charge on any atom is -0.394 e. The van der Waals surface area contributed by atoms with Crippen molar-refractivity contribution < 1.29 is 13.9 Å². The van der Waals surface area contributed by atoms with Gasteiger partial charge in [-0.2, -0.15) is 0 Å². The van der Waals surface area contributed by atoms with Crippen molar-refractivity contribution >= 4 is 0 Å². The lowest BCUT2D eigenvalue weighted by atomic mass is 10.00. The van der Waals surface area contributed by atoms with E-state index < -0.39 is 17.2 Å². The first-order valence-corrected chi connectivity index (χ1v) is 5.31. The van der Waals surface area contributed by atoms with E-state index in [0.717, 1.165) is 6.07 Å². The average Bonchev–Trinajstić information content (AvgIpc) is 2.31. The molecule has 0 saturated heterocycles. The molecule has 0 aliphatic rings. The zero-order valence-electron chi connectivity index (χ0n) is 9.56. The van der Waals surface area contributed by atoms with E-state index in [-0.39, 0.29) is 18.7 Å². The first-order valence-electron chi connectivity index (χ1n) is 5.31. The van der Waals surface area contributed by atoms with E-state index in [4.69, 9.17) is 5.11 Å². The number of benzene rings is 1. The molecule has 1 aromatic rings. The maximum atomic E-state index is 13.3. The maximum Gasteiger partial charge on any atom is 0.163 e. The molecule has 0 amide bonds. The Bertz CT molecular complexity index is 351. The summed E-state index contributed by atoms with van der Waals surface area (Å²) in [6.45, 7) is 3.92. The molecule has 16 heavy (non-hydrogen) atoms. The number of hydrogen-bond donors (Lipinski definition) is 2. The molecule has 4 heteroatoms. The summed E-state index contributed by atoms with van der Waals surface area (Å²) in [4.78, 5) is 0. The van der Waals surface area contributed by atoms with Gasteiger partial charge in [-0.3, -0.25) is 0 Å². The Morgan fingerprint density at radius 1 is 1.38 bits per heavy atom. The van der Waals surface area contributed by atoms with Crippen LogP contribution < -0.4 is 5.32 Å². The standard InChI is InChI=1S/C12H17F2NO/c1-3-12(2,8-16)15-7-9-5-4-6-10(13)11(9)14/h4-6,15-16H,3,7-8H2,1-2H3/t12-/m1/s1. The van der Waals surface area contributed by atoms with E-state index in [1.165, 1.54) is 12.1 Å². The Morgan fingerprint density at radius 2 is 2.06 bits per heavy atom. The predicted molar refractivity (Wildman–Crippen MR) is 59.0 cm³/mol. The zero-order chi connectivity index (χ0) is 12.2. The summed E-state index contributed by atoms with van der Waals surface area (Å²) >= 11 is 0. The van der Waals surface area contributed by atoms with Crippen LogP contribution in [0, 0.1) is 11.6 Å². The third kappa shape index (κ3) is 3.00. The van der Waals surface area contributed by atoms with Crippen LogP contribution >= 0.6 is 0 Å². The smallest absolute Gasteiger partial charge is 0.163 e. The number of rotatable bonds is 5. The van der Waals surface area contributed by atoms with Crippen LogP contribution in [-0.2, 0) is 6.54 Å². The second kappa shape index (κ2) is 5.37. The summed E-state index contributed by atoms with van der Waals surface area (Å²) in [5, 5.41) is 12.2. The fraction of sp³-hybridized carbons (Fsp3) is 0.500. The highest BCUT2D eigenvalue weighted by molar-refractivity contribution is 5.19. The molecule has 0 heterocycles. The Hall–Kier alpha value is -1.00. The SMILES string of the molecule is CC[C@](C)(CO)NCc1cccc(F)c1F. The third-order valence-corrected chi connectivity index (χ3v) is 2.87. The van der Waals surface area contributed by atoms with Gasteiger partial charge in [0.25, 0.3) is 0 Å². The summed E-state index contributed by atoms with van der Waals surface area (Å²) in [6, 6.07) is 4.08. The van der Waals surface area contributed by atoms with Crippen molar-refractivity contribution in [1.82, 2.24) is 5.32 Å². The normalized spacial score (nSPS) is 14.8. The molecule has 2 N–H and O–H groups in total. The summed E-state index contributed by atoms with van der Waals surface area (Å²) in [5.74, 6) is -1.67. The molecule has 0 fully saturated rings. The fourth-order valence-corrected chi connectivity index (χ4v) is 1.29. The van der Waals surface area contributed by atoms with Crippen molar-refractivity contribution in [2.24, 2.45) is 0 Å². The third-order valence-electron chi connectivity index (χ3n) is 2.87. The minimum atomic E-state index is -0.846. The number of halogens is 2. The van der Waals surface area contributed by atoms with Gasteiger partial charge in [-0.05, 0) is 19.4 Å². The largest absolute Gasteiger partial charge is 0.394 e. The molecule has 1 atom stereocenters. The van der Waals surface area contributed by atoms with Crippen molar-refractivity contribution in [3.63, 3.8) is 0 Å². The van der Waals surface area contributed by atoms with Crippen LogP contribution in [0.2, 0.25) is 0 Å². The van der Waals surface area contributed by atoms with Crippen LogP contribution in [0.15, 0.2) is 18.2 Å². The lowest BCUT2D eigenvalue weighted by Gasteiger charge is -2.27. The molecular formula is C12H17F2NO. The van der Waals surface area contributed by atoms with Crippen molar-refractivity contribution in [1.29, 1.82) is 0 Å². The van der Waals surface area contributed by atoms with Crippen LogP contribution in [0.25, 0.3) is 0 Å². The zero-order valence-corrected chi connectivity index (χ0v) is 9.56. The van der Waals surface area contributed by atoms with Crippen LogP contribution in [0.3, 0.4) is 0 Å². The molecule has 0 aliphatic heterocycles. The highest BCUT2D eigenvalue weighted by atomic mass is 19.2. The van der Waals surface area contributed by atoms with Gasteiger partial charge in [0.15, 0.2) is 11.6 Å². The van der Waals surface area contributed by atoms with Gasteiger partial charge < -0.3 is 10.4 Å². The molecular weight excluding hydrogens is 212 g/mol. The molecule has 0 aliphatic carbocycles. The molecule has 0 unspecified atom stereocenters. The van der Waals surface area contributed by atoms with Crippen LogP contribution in [-0.4, -0.2) is 17.3 Å². The van der Waals surface area contributed by atoms with Crippen molar-refractivity contribution in [2.75, 3.05) is 6.61 Å². The topological polar surface area (TPSA) is 32.3 Å². The Labute approximate surface area is 94.3 Å². The summed E-state index contributed by atoms with van der Waals surface area (Å²) in [7, 11) is 0. The lowest BCUT2D eigenvalue weighted by Crippen LogP contribution is -2.44. The minimum absolute atomic E-state index is 0.0412. The highest BCUT2D eigenvalue weighted by Gasteiger charge is 2.20. The number of hydrogen-bond acceptors (Lipinski definition) is 2. The molecule has 2 nitrogen and oxygen atoms in total. The molecule has 0 radical (unpaired) electrons. The highest BCUT2D eigenvalue weighted by Crippen LogP contribution is 2.14. The molecule has 0 bridgehead atoms. The second-order valence-corrected chi connectivity index (χ2v) is 4.14. The maximum absolute atomic E-state index is 13.3. The van der Waals surface area contributed by atoms with E-state index in [1.807, 2.05) is 13.8 Å². The van der Waals surface area contributed by atoms with Crippen LogP contribution in [0.5, 0.6) is 0 Å². The molecule has 0 saturated carbocycles. The van der Waals surface area contributed by atoms with Crippen LogP contribution in [0.4, 0.5) is 8.78 Å². The van der Waals surface area contributed by atoms with Crippen LogP contribution in [0.1, 0.15) is 25.8 Å². The monoisotopic (exact) mass is 229 g/mol. The second-order valence-electron chi connectivity index (χ2n) is 4.14. The van der Waals surface area contributed by atoms with Crippen molar-refractivity contribution in [3.8, 4) is 0 Å². The van der Waals surface area contributed by atoms with Gasteiger partial charge in [0.2, 0.25) is 0 Å². The molecule has 90 valence electrons. The van der Waals surface area contributed by atoms with E-state index in [0.29, 0.717) is 6.42 Å². The number of aliphatic hydroxyl groups excluding tert-OH is 1. The van der Waals surface area contributed by atoms with E-state index in [9.17, 15) is 8.78 Å². The van der Waals surface area contributed by atoms with Crippen molar-refractivity contribution in [3.05, 3.63) is 35.4 Å². The Morgan fingerprint density at radius 3 is 2.62 bits per heavy atom. The van der Waals surface area contributed by atoms with Gasteiger partial charge in [0.1, 0.15) is 0 Å². The molecule has 1 aromatic carbocycles. The predicted octanol–water partition coefficient (Wildman–Crippen LogP) is 2.22. The number of aliphatic hydroxyl groups is 1. The van der Waals surface area contributed by atoms with Crippen molar-refractivity contribution in [2.45, 2.75) is 32.4 Å². The Balaban J connectivity index is 2.71. The average molecular weight is 229 g/mol. The van der Waals surface area contributed by atoms with E-state index >= 15 is 0 Å². The quantitative estimate of drug-likeness (QED) is 0.811. The summed E-state index contributed by atoms with van der Waals surface area (Å²) in [6.07, 6.45) is 0.709. The summed E-state index contributed by atoms with van der Waals surface area (Å²) < 4.78 is 26.2. The van der Waals surface area contributed by atoms with Gasteiger partial charge in [-0.25, -0.2) is 8.78 Å². The first-order chi connectivity index (χ1) is 7.52. The van der Waals surface area contributed by atoms with Gasteiger partial charge >= 0.3 is 0 Å². The number of nitrogens with one attached hydrogen (secondary N) is 1. The van der Waals surface area contributed by atoms with E-state index in [1.54, 1.807) is 0 Å². The Kier molecular flexibility index (Phi) is 4.38. The fourth-order valence-electron chi connectivity index (χ4n) is 1.29. The molecule has 0 spiro atoms. The van der Waals surface area contributed by atoms with Gasteiger partial charge in [-0.15, -0.1) is 0 Å². The van der Waals surface area contributed by atoms with E-state index in [2.05, 4.69) is 5.32 Å². The van der Waals surface area contributed by atoms with Gasteiger partial charge in [0.05, 0.1) is 6.61 Å². The first kappa shape index (κ1) is 13.1.